The number of rotatable bonds is 1. The van der Waals surface area contributed by atoms with E-state index in [1.165, 1.54) is 11.3 Å². The van der Waals surface area contributed by atoms with Gasteiger partial charge in [0.1, 0.15) is 6.10 Å². The Hall–Kier alpha value is -0.490. The maximum absolute atomic E-state index is 9.06. The zero-order chi connectivity index (χ0) is 7.56. The first-order valence-corrected chi connectivity index (χ1v) is 3.88. The lowest BCUT2D eigenvalue weighted by Crippen LogP contribution is -1.86. The highest BCUT2D eigenvalue weighted by Crippen LogP contribution is 2.24. The van der Waals surface area contributed by atoms with Crippen molar-refractivity contribution in [3.05, 3.63) is 21.3 Å². The molecule has 10 heavy (non-hydrogen) atoms. The number of aliphatic hydroxyl groups excluding tert-OH is 1. The van der Waals surface area contributed by atoms with E-state index < -0.39 is 6.10 Å². The molecule has 0 aromatic carbocycles. The molecule has 0 saturated carbocycles. The molecule has 1 aromatic rings. The largest absolute Gasteiger partial charge is 0.375 e. The van der Waals surface area contributed by atoms with Crippen molar-refractivity contribution in [1.82, 2.24) is 0 Å². The summed E-state index contributed by atoms with van der Waals surface area (Å²) in [6, 6.07) is 1.66. The van der Waals surface area contributed by atoms with E-state index in [1.54, 1.807) is 11.4 Å². The number of terminal acetylenes is 1. The van der Waals surface area contributed by atoms with Gasteiger partial charge in [0, 0.05) is 10.3 Å². The molecule has 0 aliphatic rings. The van der Waals surface area contributed by atoms with E-state index in [0.717, 1.165) is 0 Å². The number of thiophene rings is 1. The van der Waals surface area contributed by atoms with Gasteiger partial charge in [-0.3, -0.25) is 0 Å². The Morgan fingerprint density at radius 1 is 1.80 bits per heavy atom. The van der Waals surface area contributed by atoms with Crippen LogP contribution in [0.15, 0.2) is 11.4 Å². The lowest BCUT2D eigenvalue weighted by Gasteiger charge is -1.94. The summed E-state index contributed by atoms with van der Waals surface area (Å²) in [4.78, 5) is 0.715. The summed E-state index contributed by atoms with van der Waals surface area (Å²) in [5.74, 6) is 2.20. The van der Waals surface area contributed by atoms with Gasteiger partial charge in [0.25, 0.3) is 0 Å². The average Bonchev–Trinajstić information content (AvgIpc) is 2.34. The van der Waals surface area contributed by atoms with Crippen molar-refractivity contribution in [2.75, 3.05) is 0 Å². The summed E-state index contributed by atoms with van der Waals surface area (Å²) in [7, 11) is 0. The second-order valence-electron chi connectivity index (χ2n) is 1.74. The molecule has 1 nitrogen and oxygen atoms in total. The standard InChI is InChI=1S/C7H5ClOS/c1-2-6(9)7-3-5(8)4-10-7/h1,3-4,6,9H. The maximum atomic E-state index is 9.06. The summed E-state index contributed by atoms with van der Waals surface area (Å²) in [5, 5.41) is 11.4. The Morgan fingerprint density at radius 3 is 2.90 bits per heavy atom. The lowest BCUT2D eigenvalue weighted by atomic mass is 10.3. The normalized spacial score (nSPS) is 12.5. The van der Waals surface area contributed by atoms with Gasteiger partial charge < -0.3 is 5.11 Å². The molecule has 3 heteroatoms. The molecule has 0 saturated heterocycles. The van der Waals surface area contributed by atoms with Gasteiger partial charge in [-0.15, -0.1) is 17.8 Å². The van der Waals surface area contributed by atoms with Gasteiger partial charge >= 0.3 is 0 Å². The van der Waals surface area contributed by atoms with Crippen LogP contribution in [-0.2, 0) is 0 Å². The van der Waals surface area contributed by atoms with Gasteiger partial charge in [0.15, 0.2) is 0 Å². The van der Waals surface area contributed by atoms with E-state index in [-0.39, 0.29) is 0 Å². The van der Waals surface area contributed by atoms with Gasteiger partial charge in [0.05, 0.1) is 5.02 Å². The molecule has 1 rings (SSSR count). The predicted octanol–water partition coefficient (Wildman–Crippen LogP) is 2.07. The highest BCUT2D eigenvalue weighted by Gasteiger charge is 2.04. The molecule has 0 spiro atoms. The monoisotopic (exact) mass is 172 g/mol. The molecule has 1 aromatic heterocycles. The average molecular weight is 173 g/mol. The SMILES string of the molecule is C#CC(O)c1cc(Cl)cs1. The fraction of sp³-hybridized carbons (Fsp3) is 0.143. The third-order valence-corrected chi connectivity index (χ3v) is 2.35. The highest BCUT2D eigenvalue weighted by atomic mass is 35.5. The number of halogens is 1. The van der Waals surface area contributed by atoms with Crippen LogP contribution in [-0.4, -0.2) is 5.11 Å². The van der Waals surface area contributed by atoms with Crippen LogP contribution in [0.5, 0.6) is 0 Å². The smallest absolute Gasteiger partial charge is 0.149 e. The van der Waals surface area contributed by atoms with Gasteiger partial charge in [-0.2, -0.15) is 0 Å². The van der Waals surface area contributed by atoms with Crippen molar-refractivity contribution in [3.8, 4) is 12.3 Å². The van der Waals surface area contributed by atoms with Crippen molar-refractivity contribution < 1.29 is 5.11 Å². The second kappa shape index (κ2) is 3.07. The Labute approximate surface area is 68.3 Å². The van der Waals surface area contributed by atoms with Gasteiger partial charge in [-0.25, -0.2) is 0 Å². The van der Waals surface area contributed by atoms with E-state index in [4.69, 9.17) is 23.1 Å². The molecular formula is C7H5ClOS. The van der Waals surface area contributed by atoms with Crippen molar-refractivity contribution >= 4 is 22.9 Å². The Balaban J connectivity index is 2.87. The molecule has 0 aliphatic carbocycles. The molecule has 52 valence electrons. The van der Waals surface area contributed by atoms with Crippen LogP contribution in [0.1, 0.15) is 11.0 Å². The van der Waals surface area contributed by atoms with Crippen molar-refractivity contribution in [3.63, 3.8) is 0 Å². The molecule has 1 heterocycles. The third-order valence-electron chi connectivity index (χ3n) is 1.02. The van der Waals surface area contributed by atoms with Crippen LogP contribution in [0.4, 0.5) is 0 Å². The molecule has 0 aliphatic heterocycles. The fourth-order valence-electron chi connectivity index (χ4n) is 0.554. The molecule has 0 bridgehead atoms. The topological polar surface area (TPSA) is 20.2 Å². The second-order valence-corrected chi connectivity index (χ2v) is 3.12. The Kier molecular flexibility index (Phi) is 2.34. The molecule has 0 fully saturated rings. The van der Waals surface area contributed by atoms with Crippen molar-refractivity contribution in [2.45, 2.75) is 6.10 Å². The van der Waals surface area contributed by atoms with E-state index in [2.05, 4.69) is 5.92 Å². The Bertz CT molecular complexity index is 261. The van der Waals surface area contributed by atoms with Gasteiger partial charge in [0.2, 0.25) is 0 Å². The van der Waals surface area contributed by atoms with Crippen LogP contribution in [0, 0.1) is 12.3 Å². The highest BCUT2D eigenvalue weighted by molar-refractivity contribution is 7.10. The number of hydrogen-bond donors (Lipinski definition) is 1. The number of aliphatic hydroxyl groups is 1. The molecule has 0 amide bonds. The quantitative estimate of drug-likeness (QED) is 0.643. The van der Waals surface area contributed by atoms with E-state index in [0.29, 0.717) is 9.90 Å². The summed E-state index contributed by atoms with van der Waals surface area (Å²) in [6.07, 6.45) is 4.17. The minimum atomic E-state index is -0.808. The minimum Gasteiger partial charge on any atom is -0.375 e. The molecule has 0 radical (unpaired) electrons. The minimum absolute atomic E-state index is 0.620. The first-order chi connectivity index (χ1) is 4.74. The lowest BCUT2D eigenvalue weighted by molar-refractivity contribution is 0.242. The molecule has 1 unspecified atom stereocenters. The molecular weight excluding hydrogens is 168 g/mol. The van der Waals surface area contributed by atoms with Crippen LogP contribution in [0.3, 0.4) is 0 Å². The van der Waals surface area contributed by atoms with Gasteiger partial charge in [-0.1, -0.05) is 17.5 Å². The summed E-state index contributed by atoms with van der Waals surface area (Å²) in [6.45, 7) is 0. The van der Waals surface area contributed by atoms with Gasteiger partial charge in [-0.05, 0) is 6.07 Å². The summed E-state index contributed by atoms with van der Waals surface area (Å²) >= 11 is 6.95. The number of hydrogen-bond acceptors (Lipinski definition) is 2. The molecule has 1 N–H and O–H groups in total. The van der Waals surface area contributed by atoms with E-state index >= 15 is 0 Å². The van der Waals surface area contributed by atoms with Crippen molar-refractivity contribution in [1.29, 1.82) is 0 Å². The van der Waals surface area contributed by atoms with E-state index in [1.807, 2.05) is 0 Å². The van der Waals surface area contributed by atoms with Crippen LogP contribution in [0.2, 0.25) is 5.02 Å². The zero-order valence-corrected chi connectivity index (χ0v) is 6.62. The first kappa shape index (κ1) is 7.62. The maximum Gasteiger partial charge on any atom is 0.149 e. The van der Waals surface area contributed by atoms with Crippen LogP contribution >= 0.6 is 22.9 Å². The van der Waals surface area contributed by atoms with Crippen LogP contribution < -0.4 is 0 Å². The van der Waals surface area contributed by atoms with Crippen molar-refractivity contribution in [2.24, 2.45) is 0 Å². The van der Waals surface area contributed by atoms with E-state index in [9.17, 15) is 0 Å². The third kappa shape index (κ3) is 1.51. The van der Waals surface area contributed by atoms with Crippen LogP contribution in [0.25, 0.3) is 0 Å². The fourth-order valence-corrected chi connectivity index (χ4v) is 1.58. The Morgan fingerprint density at radius 2 is 2.50 bits per heavy atom. The first-order valence-electron chi connectivity index (χ1n) is 2.62. The zero-order valence-electron chi connectivity index (χ0n) is 5.04. The summed E-state index contributed by atoms with van der Waals surface area (Å²) in [5.41, 5.74) is 0. The molecule has 1 atom stereocenters. The predicted molar refractivity (Wildman–Crippen MR) is 43.1 cm³/mol. The summed E-state index contributed by atoms with van der Waals surface area (Å²) < 4.78 is 0.